The van der Waals surface area contributed by atoms with Gasteiger partial charge in [0.05, 0.1) is 11.1 Å². The second-order valence-electron chi connectivity index (χ2n) is 5.85. The first-order valence-electron chi connectivity index (χ1n) is 8.43. The van der Waals surface area contributed by atoms with Gasteiger partial charge in [0.15, 0.2) is 10.3 Å². The van der Waals surface area contributed by atoms with Crippen LogP contribution in [0.15, 0.2) is 35.5 Å². The number of halogens is 2. The highest BCUT2D eigenvalue weighted by molar-refractivity contribution is 8.14. The Morgan fingerprint density at radius 2 is 2.28 bits per heavy atom. The summed E-state index contributed by atoms with van der Waals surface area (Å²) < 4.78 is 13.4. The number of rotatable bonds is 7. The Bertz CT molecular complexity index is 664. The number of benzene rings is 1. The minimum Gasteiger partial charge on any atom is -0.376 e. The average Bonchev–Trinajstić information content (AvgIpc) is 3.00. The Morgan fingerprint density at radius 1 is 1.48 bits per heavy atom. The van der Waals surface area contributed by atoms with Crippen LogP contribution >= 0.6 is 35.6 Å². The lowest BCUT2D eigenvalue weighted by Gasteiger charge is -2.24. The van der Waals surface area contributed by atoms with E-state index in [0.29, 0.717) is 0 Å². The highest BCUT2D eigenvalue weighted by Crippen LogP contribution is 2.36. The number of amidine groups is 1. The second-order valence-corrected chi connectivity index (χ2v) is 7.67. The van der Waals surface area contributed by atoms with E-state index < -0.39 is 5.82 Å². The molecule has 1 aromatic carbocycles. The number of thioether (sulfide) groups is 1. The summed E-state index contributed by atoms with van der Waals surface area (Å²) in [6.45, 7) is 2.20. The van der Waals surface area contributed by atoms with E-state index in [1.807, 2.05) is 11.1 Å². The molecule has 25 heavy (non-hydrogen) atoms. The van der Waals surface area contributed by atoms with Gasteiger partial charge < -0.3 is 5.73 Å². The highest BCUT2D eigenvalue weighted by Gasteiger charge is 2.33. The van der Waals surface area contributed by atoms with Crippen molar-refractivity contribution in [2.45, 2.75) is 45.1 Å². The summed E-state index contributed by atoms with van der Waals surface area (Å²) in [5.41, 5.74) is 6.78. The number of hydrogen-bond acceptors (Lipinski definition) is 3. The van der Waals surface area contributed by atoms with Gasteiger partial charge in [-0.25, -0.2) is 9.38 Å². The Kier molecular flexibility index (Phi) is 8.19. The van der Waals surface area contributed by atoms with Crippen molar-refractivity contribution in [3.63, 3.8) is 0 Å². The van der Waals surface area contributed by atoms with E-state index in [9.17, 15) is 4.39 Å². The lowest BCUT2D eigenvalue weighted by molar-refractivity contribution is 0.514. The molecule has 1 fully saturated rings. The molecule has 0 radical (unpaired) electrons. The van der Waals surface area contributed by atoms with Gasteiger partial charge in [0.25, 0.3) is 0 Å². The van der Waals surface area contributed by atoms with E-state index in [1.54, 1.807) is 23.9 Å². The lowest BCUT2D eigenvalue weighted by atomic mass is 10.1. The number of thiocarbonyl (C=S) groups is 1. The molecule has 3 nitrogen and oxygen atoms in total. The molecular formula is C18H23ClFN3S2. The van der Waals surface area contributed by atoms with Gasteiger partial charge in [-0.15, -0.1) is 0 Å². The zero-order chi connectivity index (χ0) is 18.2. The normalized spacial score (nSPS) is 19.2. The quantitative estimate of drug-likeness (QED) is 0.475. The van der Waals surface area contributed by atoms with E-state index >= 15 is 0 Å². The lowest BCUT2D eigenvalue weighted by Crippen LogP contribution is -2.38. The van der Waals surface area contributed by atoms with Crippen LogP contribution in [0.5, 0.6) is 0 Å². The first-order valence-corrected chi connectivity index (χ1v) is 10.2. The van der Waals surface area contributed by atoms with E-state index in [0.717, 1.165) is 22.9 Å². The van der Waals surface area contributed by atoms with Crippen molar-refractivity contribution in [3.05, 3.63) is 46.9 Å². The molecule has 1 heterocycles. The third-order valence-corrected chi connectivity index (χ3v) is 5.50. The molecule has 1 aliphatic heterocycles. The van der Waals surface area contributed by atoms with Crippen LogP contribution in [0.3, 0.4) is 0 Å². The first-order chi connectivity index (χ1) is 12.0. The van der Waals surface area contributed by atoms with Crippen LogP contribution < -0.4 is 5.73 Å². The molecule has 2 N–H and O–H groups in total. The molecule has 1 unspecified atom stereocenters. The molecule has 0 aliphatic carbocycles. The van der Waals surface area contributed by atoms with Crippen molar-refractivity contribution in [2.24, 2.45) is 10.7 Å². The molecule has 0 bridgehead atoms. The number of hydrogen-bond donors (Lipinski definition) is 1. The first kappa shape index (κ1) is 20.2. The van der Waals surface area contributed by atoms with E-state index in [-0.39, 0.29) is 16.2 Å². The zero-order valence-corrected chi connectivity index (χ0v) is 16.6. The topological polar surface area (TPSA) is 41.6 Å². The number of allylic oxidation sites excluding steroid dienone is 1. The maximum Gasteiger partial charge on any atom is 0.173 e. The maximum absolute atomic E-state index is 13.4. The maximum atomic E-state index is 13.4. The summed E-state index contributed by atoms with van der Waals surface area (Å²) in [6, 6.07) is 4.62. The SMILES string of the molecule is CCCCCCC=CN=C1SCC(c2ccc(F)c(Cl)c2)N1C(N)=S. The monoisotopic (exact) mass is 399 g/mol. The molecule has 7 heteroatoms. The van der Waals surface area contributed by atoms with Crippen LogP contribution in [0.1, 0.15) is 50.6 Å². The van der Waals surface area contributed by atoms with Gasteiger partial charge in [-0.3, -0.25) is 4.90 Å². The number of nitrogens with zero attached hydrogens (tertiary/aromatic N) is 2. The van der Waals surface area contributed by atoms with Gasteiger partial charge in [-0.1, -0.05) is 61.7 Å². The van der Waals surface area contributed by atoms with Crippen LogP contribution in [-0.2, 0) is 0 Å². The molecule has 0 amide bonds. The number of unbranched alkanes of at least 4 members (excludes halogenated alkanes) is 4. The standard InChI is InChI=1S/C18H23ClFN3S2/c1-2-3-4-5-6-7-10-22-18-23(17(21)24)16(12-25-18)13-8-9-15(20)14(19)11-13/h7-11,16H,2-6,12H2,1H3,(H2,21,24). The highest BCUT2D eigenvalue weighted by atomic mass is 35.5. The van der Waals surface area contributed by atoms with Crippen molar-refractivity contribution in [1.29, 1.82) is 0 Å². The van der Waals surface area contributed by atoms with Gasteiger partial charge in [-0.2, -0.15) is 0 Å². The molecule has 1 aromatic rings. The van der Waals surface area contributed by atoms with Gasteiger partial charge >= 0.3 is 0 Å². The van der Waals surface area contributed by atoms with Crippen LogP contribution in [-0.4, -0.2) is 20.9 Å². The molecule has 1 atom stereocenters. The molecule has 0 saturated carbocycles. The summed E-state index contributed by atoms with van der Waals surface area (Å²) in [7, 11) is 0. The molecule has 2 rings (SSSR count). The average molecular weight is 400 g/mol. The number of nitrogens with two attached hydrogens (primary N) is 1. The summed E-state index contributed by atoms with van der Waals surface area (Å²) >= 11 is 12.7. The minimum absolute atomic E-state index is 0.0858. The van der Waals surface area contributed by atoms with Crippen molar-refractivity contribution < 1.29 is 4.39 Å². The Hall–Kier alpha value is -1.11. The largest absolute Gasteiger partial charge is 0.376 e. The van der Waals surface area contributed by atoms with Gasteiger partial charge in [-0.05, 0) is 42.8 Å². The summed E-state index contributed by atoms with van der Waals surface area (Å²) in [6.07, 6.45) is 9.85. The predicted octanol–water partition coefficient (Wildman–Crippen LogP) is 5.65. The van der Waals surface area contributed by atoms with E-state index in [2.05, 4.69) is 18.0 Å². The van der Waals surface area contributed by atoms with Gasteiger partial charge in [0.2, 0.25) is 0 Å². The van der Waals surface area contributed by atoms with Crippen LogP contribution in [0, 0.1) is 5.82 Å². The van der Waals surface area contributed by atoms with Gasteiger partial charge in [0.1, 0.15) is 5.82 Å². The molecule has 0 aromatic heterocycles. The minimum atomic E-state index is -0.433. The summed E-state index contributed by atoms with van der Waals surface area (Å²) in [5, 5.41) is 1.12. The van der Waals surface area contributed by atoms with Crippen LogP contribution in [0.2, 0.25) is 5.02 Å². The fraction of sp³-hybridized carbons (Fsp3) is 0.444. The molecule has 0 spiro atoms. The molecule has 1 saturated heterocycles. The van der Waals surface area contributed by atoms with Crippen molar-refractivity contribution in [1.82, 2.24) is 4.90 Å². The third kappa shape index (κ3) is 5.69. The van der Waals surface area contributed by atoms with Gasteiger partial charge in [0, 0.05) is 12.0 Å². The van der Waals surface area contributed by atoms with Crippen LogP contribution in [0.25, 0.3) is 0 Å². The van der Waals surface area contributed by atoms with E-state index in [4.69, 9.17) is 29.6 Å². The molecular weight excluding hydrogens is 377 g/mol. The number of aliphatic imine (C=N–C) groups is 1. The molecule has 1 aliphatic rings. The fourth-order valence-corrected chi connectivity index (χ4v) is 4.23. The van der Waals surface area contributed by atoms with Crippen molar-refractivity contribution >= 4 is 45.9 Å². The Morgan fingerprint density at radius 3 is 2.96 bits per heavy atom. The van der Waals surface area contributed by atoms with Crippen molar-refractivity contribution in [2.75, 3.05) is 5.75 Å². The zero-order valence-electron chi connectivity index (χ0n) is 14.3. The predicted molar refractivity (Wildman–Crippen MR) is 111 cm³/mol. The van der Waals surface area contributed by atoms with Crippen LogP contribution in [0.4, 0.5) is 4.39 Å². The molecule has 136 valence electrons. The second kappa shape index (κ2) is 10.1. The van der Waals surface area contributed by atoms with Crippen molar-refractivity contribution in [3.8, 4) is 0 Å². The third-order valence-electron chi connectivity index (χ3n) is 3.97. The summed E-state index contributed by atoms with van der Waals surface area (Å²) in [5.74, 6) is 0.306. The fourth-order valence-electron chi connectivity index (χ4n) is 2.62. The summed E-state index contributed by atoms with van der Waals surface area (Å²) in [4.78, 5) is 6.32. The Labute approximate surface area is 163 Å². The van der Waals surface area contributed by atoms with E-state index in [1.165, 1.54) is 31.7 Å². The Balaban J connectivity index is 2.05. The smallest absolute Gasteiger partial charge is 0.173 e.